The minimum Gasteiger partial charge on any atom is -0.377 e. The molecule has 0 radical (unpaired) electrons. The quantitative estimate of drug-likeness (QED) is 0.801. The van der Waals surface area contributed by atoms with Gasteiger partial charge in [-0.3, -0.25) is 9.78 Å². The van der Waals surface area contributed by atoms with Gasteiger partial charge in [-0.25, -0.2) is 0 Å². The Morgan fingerprint density at radius 1 is 1.04 bits per heavy atom. The second-order valence-electron chi connectivity index (χ2n) is 7.90. The van der Waals surface area contributed by atoms with Crippen molar-refractivity contribution in [3.05, 3.63) is 66.0 Å². The van der Waals surface area contributed by atoms with Crippen molar-refractivity contribution in [3.63, 3.8) is 0 Å². The topological polar surface area (TPSA) is 45.7 Å². The number of hydrogen-bond acceptors (Lipinski definition) is 4. The summed E-state index contributed by atoms with van der Waals surface area (Å²) in [5, 5.41) is 0. The number of benzene rings is 1. The molecule has 1 aromatic heterocycles. The van der Waals surface area contributed by atoms with Gasteiger partial charge in [0.1, 0.15) is 0 Å². The van der Waals surface area contributed by atoms with Gasteiger partial charge in [-0.15, -0.1) is 0 Å². The van der Waals surface area contributed by atoms with Gasteiger partial charge >= 0.3 is 0 Å². The van der Waals surface area contributed by atoms with E-state index in [4.69, 9.17) is 4.74 Å². The zero-order valence-electron chi connectivity index (χ0n) is 16.4. The lowest BCUT2D eigenvalue weighted by Crippen LogP contribution is -2.63. The Kier molecular flexibility index (Phi) is 6.03. The average Bonchev–Trinajstić information content (AvgIpc) is 2.75. The van der Waals surface area contributed by atoms with Crippen LogP contribution in [0.3, 0.4) is 0 Å². The van der Waals surface area contributed by atoms with E-state index < -0.39 is 0 Å². The van der Waals surface area contributed by atoms with Crippen LogP contribution in [0.5, 0.6) is 0 Å². The van der Waals surface area contributed by atoms with Crippen LogP contribution < -0.4 is 0 Å². The third kappa shape index (κ3) is 4.42. The number of carbonyl (C=O) groups is 1. The monoisotopic (exact) mass is 379 g/mol. The fourth-order valence-corrected chi connectivity index (χ4v) is 4.41. The van der Waals surface area contributed by atoms with Crippen LogP contribution >= 0.6 is 0 Å². The van der Waals surface area contributed by atoms with Crippen LogP contribution in [0.1, 0.15) is 24.1 Å². The molecule has 2 saturated heterocycles. The molecule has 0 N–H and O–H groups in total. The number of likely N-dealkylation sites (tertiary alicyclic amines) is 1. The van der Waals surface area contributed by atoms with Gasteiger partial charge in [-0.2, -0.15) is 0 Å². The summed E-state index contributed by atoms with van der Waals surface area (Å²) in [5.41, 5.74) is 2.08. The summed E-state index contributed by atoms with van der Waals surface area (Å²) in [7, 11) is 0. The Hall–Kier alpha value is -2.24. The highest BCUT2D eigenvalue weighted by Gasteiger charge is 2.44. The van der Waals surface area contributed by atoms with E-state index in [2.05, 4.69) is 45.1 Å². The molecule has 4 rings (SSSR count). The first kappa shape index (κ1) is 19.1. The molecular formula is C23H29N3O2. The van der Waals surface area contributed by atoms with Crippen LogP contribution in [0, 0.1) is 0 Å². The molecule has 0 atom stereocenters. The molecule has 5 heteroatoms. The second-order valence-corrected chi connectivity index (χ2v) is 7.90. The van der Waals surface area contributed by atoms with Crippen LogP contribution in [0.2, 0.25) is 0 Å². The van der Waals surface area contributed by atoms with Gasteiger partial charge in [0, 0.05) is 38.1 Å². The molecule has 0 aliphatic carbocycles. The number of rotatable bonds is 5. The molecule has 2 aliphatic rings. The summed E-state index contributed by atoms with van der Waals surface area (Å²) in [6.45, 7) is 5.09. The number of pyridine rings is 1. The predicted molar refractivity (Wildman–Crippen MR) is 109 cm³/mol. The van der Waals surface area contributed by atoms with Crippen molar-refractivity contribution in [1.29, 1.82) is 0 Å². The summed E-state index contributed by atoms with van der Waals surface area (Å²) >= 11 is 0. The van der Waals surface area contributed by atoms with Gasteiger partial charge in [-0.05, 0) is 37.0 Å². The number of aromatic nitrogens is 1. The smallest absolute Gasteiger partial charge is 0.229 e. The molecule has 148 valence electrons. The zero-order chi connectivity index (χ0) is 19.2. The van der Waals surface area contributed by atoms with E-state index in [1.165, 1.54) is 5.56 Å². The van der Waals surface area contributed by atoms with E-state index in [1.807, 2.05) is 18.2 Å². The SMILES string of the molecule is O=C(Cc1ccccn1)N1CCOCC12CCN(CCc1ccccc1)CC2. The van der Waals surface area contributed by atoms with E-state index in [0.717, 1.165) is 44.6 Å². The normalized spacial score (nSPS) is 19.6. The summed E-state index contributed by atoms with van der Waals surface area (Å²) < 4.78 is 5.83. The predicted octanol–water partition coefficient (Wildman–Crippen LogP) is 2.56. The molecule has 0 unspecified atom stereocenters. The van der Waals surface area contributed by atoms with Gasteiger partial charge in [-0.1, -0.05) is 36.4 Å². The summed E-state index contributed by atoms with van der Waals surface area (Å²) in [4.78, 5) is 22.0. The summed E-state index contributed by atoms with van der Waals surface area (Å²) in [6, 6.07) is 16.4. The molecule has 28 heavy (non-hydrogen) atoms. The molecule has 3 heterocycles. The Bertz CT molecular complexity index is 758. The Morgan fingerprint density at radius 3 is 2.57 bits per heavy atom. The van der Waals surface area contributed by atoms with E-state index in [9.17, 15) is 4.79 Å². The van der Waals surface area contributed by atoms with E-state index in [-0.39, 0.29) is 11.4 Å². The lowest BCUT2D eigenvalue weighted by Gasteiger charge is -2.51. The highest BCUT2D eigenvalue weighted by molar-refractivity contribution is 5.79. The highest BCUT2D eigenvalue weighted by atomic mass is 16.5. The van der Waals surface area contributed by atoms with Crippen LogP contribution in [-0.2, 0) is 22.4 Å². The highest BCUT2D eigenvalue weighted by Crippen LogP contribution is 2.32. The molecule has 1 aromatic carbocycles. The third-order valence-corrected chi connectivity index (χ3v) is 6.11. The van der Waals surface area contributed by atoms with Gasteiger partial charge in [0.25, 0.3) is 0 Å². The first-order valence-electron chi connectivity index (χ1n) is 10.3. The van der Waals surface area contributed by atoms with Crippen molar-refractivity contribution in [2.75, 3.05) is 39.4 Å². The van der Waals surface area contributed by atoms with Crippen LogP contribution in [0.4, 0.5) is 0 Å². The number of amides is 1. The molecule has 2 fully saturated rings. The van der Waals surface area contributed by atoms with Crippen LogP contribution in [0.25, 0.3) is 0 Å². The zero-order valence-corrected chi connectivity index (χ0v) is 16.4. The van der Waals surface area contributed by atoms with Crippen molar-refractivity contribution in [3.8, 4) is 0 Å². The Labute approximate surface area is 167 Å². The van der Waals surface area contributed by atoms with Crippen LogP contribution in [0.15, 0.2) is 54.7 Å². The van der Waals surface area contributed by atoms with Crippen molar-refractivity contribution in [2.24, 2.45) is 0 Å². The largest absolute Gasteiger partial charge is 0.377 e. The van der Waals surface area contributed by atoms with Crippen molar-refractivity contribution in [2.45, 2.75) is 31.2 Å². The maximum atomic E-state index is 13.0. The van der Waals surface area contributed by atoms with E-state index in [1.54, 1.807) is 6.20 Å². The molecule has 2 aromatic rings. The molecule has 2 aliphatic heterocycles. The molecular weight excluding hydrogens is 350 g/mol. The molecule has 1 spiro atoms. The minimum absolute atomic E-state index is 0.145. The number of nitrogens with zero attached hydrogens (tertiary/aromatic N) is 3. The maximum absolute atomic E-state index is 13.0. The van der Waals surface area contributed by atoms with E-state index in [0.29, 0.717) is 26.2 Å². The number of piperidine rings is 1. The molecule has 0 bridgehead atoms. The third-order valence-electron chi connectivity index (χ3n) is 6.11. The maximum Gasteiger partial charge on any atom is 0.229 e. The fraction of sp³-hybridized carbons (Fsp3) is 0.478. The Balaban J connectivity index is 1.35. The van der Waals surface area contributed by atoms with Gasteiger partial charge in [0.15, 0.2) is 0 Å². The number of carbonyl (C=O) groups excluding carboxylic acids is 1. The fourth-order valence-electron chi connectivity index (χ4n) is 4.41. The van der Waals surface area contributed by atoms with Gasteiger partial charge < -0.3 is 14.5 Å². The summed E-state index contributed by atoms with van der Waals surface area (Å²) in [6.07, 6.45) is 5.17. The van der Waals surface area contributed by atoms with Crippen molar-refractivity contribution < 1.29 is 9.53 Å². The van der Waals surface area contributed by atoms with Gasteiger partial charge in [0.05, 0.1) is 25.2 Å². The molecule has 5 nitrogen and oxygen atoms in total. The minimum atomic E-state index is -0.145. The average molecular weight is 380 g/mol. The second kappa shape index (κ2) is 8.84. The van der Waals surface area contributed by atoms with Gasteiger partial charge in [0.2, 0.25) is 5.91 Å². The molecule has 1 amide bonds. The van der Waals surface area contributed by atoms with E-state index >= 15 is 0 Å². The standard InChI is InChI=1S/C23H29N3O2/c27-22(18-21-8-4-5-12-24-21)26-16-17-28-19-23(26)10-14-25(15-11-23)13-9-20-6-2-1-3-7-20/h1-8,12H,9-11,13-19H2. The van der Waals surface area contributed by atoms with Crippen LogP contribution in [-0.4, -0.2) is 65.6 Å². The number of morpholine rings is 1. The Morgan fingerprint density at radius 2 is 1.82 bits per heavy atom. The molecule has 0 saturated carbocycles. The first-order valence-corrected chi connectivity index (χ1v) is 10.3. The number of hydrogen-bond donors (Lipinski definition) is 0. The lowest BCUT2D eigenvalue weighted by molar-refractivity contribution is -0.153. The lowest BCUT2D eigenvalue weighted by atomic mass is 9.84. The van der Waals surface area contributed by atoms with Crippen molar-refractivity contribution in [1.82, 2.24) is 14.8 Å². The number of ether oxygens (including phenoxy) is 1. The first-order chi connectivity index (χ1) is 13.8. The summed E-state index contributed by atoms with van der Waals surface area (Å²) in [5.74, 6) is 0.180. The van der Waals surface area contributed by atoms with Crippen molar-refractivity contribution >= 4 is 5.91 Å².